The summed E-state index contributed by atoms with van der Waals surface area (Å²) in [6, 6.07) is 49.8. The van der Waals surface area contributed by atoms with Gasteiger partial charge in [0.2, 0.25) is 0 Å². The summed E-state index contributed by atoms with van der Waals surface area (Å²) in [4.78, 5) is 8.92. The molecule has 1 aliphatic heterocycles. The summed E-state index contributed by atoms with van der Waals surface area (Å²) < 4.78 is 52.6. The van der Waals surface area contributed by atoms with E-state index in [0.717, 1.165) is 55.7 Å². The minimum absolute atomic E-state index is 0. The van der Waals surface area contributed by atoms with Gasteiger partial charge >= 0.3 is 0 Å². The van der Waals surface area contributed by atoms with Gasteiger partial charge in [-0.1, -0.05) is 150 Å². The van der Waals surface area contributed by atoms with Crippen molar-refractivity contribution in [3.05, 3.63) is 200 Å². The summed E-state index contributed by atoms with van der Waals surface area (Å²) in [6.45, 7) is 15.1. The Kier molecular flexibility index (Phi) is 9.15. The molecule has 0 saturated heterocycles. The summed E-state index contributed by atoms with van der Waals surface area (Å²) in [7, 11) is 0. The zero-order valence-corrected chi connectivity index (χ0v) is 37.6. The molecule has 3 heterocycles. The molecule has 0 N–H and O–H groups in total. The Bertz CT molecular complexity index is 3360. The van der Waals surface area contributed by atoms with Gasteiger partial charge in [0.05, 0.1) is 6.85 Å². The summed E-state index contributed by atoms with van der Waals surface area (Å²) in [5, 5.41) is 2.13. The molecule has 62 heavy (non-hydrogen) atoms. The second kappa shape index (κ2) is 16.1. The number of fused-ring (bicyclic) bond motifs is 4. The SMILES string of the molecule is [2H]c1c([2H])c([2H])c(-c2cccc(-c3cccc(C(C)(C)C)c3)c2N2[CH-]N(c3[c-]c(Oc4[c-]c5c(cc4)c4ccccc4n5-c4cc(C(C)(C)C)ccn4)ccc3)c3ccccc32)c([2H])c1[2H].[Pt]. The second-order valence-corrected chi connectivity index (χ2v) is 17.5. The molecule has 310 valence electrons. The van der Waals surface area contributed by atoms with Gasteiger partial charge in [-0.05, 0) is 68.8 Å². The van der Waals surface area contributed by atoms with Crippen LogP contribution in [0, 0.1) is 18.8 Å². The smallest absolute Gasteiger partial charge is 0.135 e. The molecular weight excluding hydrogens is 940 g/mol. The molecule has 2 aromatic heterocycles. The molecule has 0 radical (unpaired) electrons. The van der Waals surface area contributed by atoms with Crippen LogP contribution < -0.4 is 14.5 Å². The van der Waals surface area contributed by atoms with E-state index in [1.807, 2.05) is 103 Å². The summed E-state index contributed by atoms with van der Waals surface area (Å²) in [5.74, 6) is 1.82. The number of anilines is 4. The van der Waals surface area contributed by atoms with Crippen LogP contribution in [0.1, 0.15) is 59.5 Å². The van der Waals surface area contributed by atoms with Crippen molar-refractivity contribution < 1.29 is 32.7 Å². The predicted octanol–water partition coefficient (Wildman–Crippen LogP) is 14.9. The molecule has 0 aliphatic carbocycles. The predicted molar refractivity (Wildman–Crippen MR) is 252 cm³/mol. The summed E-state index contributed by atoms with van der Waals surface area (Å²) in [5.41, 5.74) is 9.47. The normalized spacial score (nSPS) is 13.9. The maximum Gasteiger partial charge on any atom is 0.135 e. The number of ether oxygens (including phenoxy) is 1. The molecule has 0 spiro atoms. The molecule has 0 atom stereocenters. The monoisotopic (exact) mass is 991 g/mol. The third-order valence-corrected chi connectivity index (χ3v) is 11.3. The Morgan fingerprint density at radius 3 is 2.03 bits per heavy atom. The van der Waals surface area contributed by atoms with E-state index in [1.54, 1.807) is 0 Å². The molecule has 10 rings (SSSR count). The van der Waals surface area contributed by atoms with E-state index in [1.165, 1.54) is 5.56 Å². The molecular formula is C56H47N4OPt-3. The zero-order valence-electron chi connectivity index (χ0n) is 40.4. The number of hydrogen-bond donors (Lipinski definition) is 0. The van der Waals surface area contributed by atoms with Gasteiger partial charge in [-0.15, -0.1) is 48.1 Å². The zero-order chi connectivity index (χ0) is 46.2. The Morgan fingerprint density at radius 2 is 1.26 bits per heavy atom. The largest absolute Gasteiger partial charge is 0.509 e. The van der Waals surface area contributed by atoms with Crippen LogP contribution in [0.15, 0.2) is 170 Å². The average Bonchev–Trinajstić information content (AvgIpc) is 3.86. The standard InChI is InChI=1S/C56H47N4O.Pt/c1-55(2,3)40-20-14-19-39(33-40)46-25-16-24-45(38-17-8-7-9-18-38)54(46)59-37-58(50-27-12-13-28-51(50)59)42-21-15-22-43(35-42)61-44-29-30-48-47-23-10-11-26-49(47)60(52(48)36-44)53-34-41(31-32-57-53)56(4,5)6;/h7-34,37H,1-6H3;/q-3;/i7D,8D,9D,17D,18D;. The first-order chi connectivity index (χ1) is 31.6. The molecule has 0 saturated carbocycles. The number of benzene rings is 7. The number of rotatable bonds is 7. The average molecular weight is 992 g/mol. The van der Waals surface area contributed by atoms with Crippen LogP contribution in [-0.4, -0.2) is 9.55 Å². The molecule has 9 aromatic rings. The van der Waals surface area contributed by atoms with E-state index in [2.05, 4.69) is 112 Å². The third kappa shape index (κ3) is 7.49. The molecule has 0 bridgehead atoms. The van der Waals surface area contributed by atoms with Gasteiger partial charge < -0.3 is 19.1 Å². The van der Waals surface area contributed by atoms with Crippen LogP contribution in [0.3, 0.4) is 0 Å². The fraction of sp³-hybridized carbons (Fsp3) is 0.143. The Balaban J connectivity index is 0.00000562. The molecule has 0 unspecified atom stereocenters. The third-order valence-electron chi connectivity index (χ3n) is 11.3. The number of aromatic nitrogens is 2. The van der Waals surface area contributed by atoms with Gasteiger partial charge in [0, 0.05) is 72.5 Å². The van der Waals surface area contributed by atoms with Crippen LogP contribution >= 0.6 is 0 Å². The van der Waals surface area contributed by atoms with Crippen molar-refractivity contribution >= 4 is 44.6 Å². The van der Waals surface area contributed by atoms with Crippen molar-refractivity contribution in [2.45, 2.75) is 52.4 Å². The Morgan fingerprint density at radius 1 is 0.597 bits per heavy atom. The Hall–Kier alpha value is -6.42. The van der Waals surface area contributed by atoms with Crippen molar-refractivity contribution in [3.63, 3.8) is 0 Å². The molecule has 7 aromatic carbocycles. The fourth-order valence-corrected chi connectivity index (χ4v) is 8.19. The number of pyridine rings is 1. The maximum absolute atomic E-state index is 9.09. The van der Waals surface area contributed by atoms with Gasteiger partial charge in [0.1, 0.15) is 5.82 Å². The topological polar surface area (TPSA) is 33.5 Å². The first kappa shape index (κ1) is 35.2. The van der Waals surface area contributed by atoms with E-state index in [9.17, 15) is 0 Å². The van der Waals surface area contributed by atoms with Crippen LogP contribution in [0.2, 0.25) is 0 Å². The number of para-hydroxylation sites is 4. The van der Waals surface area contributed by atoms with Crippen LogP contribution in [-0.2, 0) is 31.9 Å². The quantitative estimate of drug-likeness (QED) is 0.149. The first-order valence-electron chi connectivity index (χ1n) is 23.0. The van der Waals surface area contributed by atoms with Crippen molar-refractivity contribution in [1.29, 1.82) is 0 Å². The first-order valence-corrected chi connectivity index (χ1v) is 20.5. The van der Waals surface area contributed by atoms with E-state index >= 15 is 0 Å². The summed E-state index contributed by atoms with van der Waals surface area (Å²) in [6.07, 6.45) is 1.87. The van der Waals surface area contributed by atoms with Crippen molar-refractivity contribution in [3.8, 4) is 39.6 Å². The van der Waals surface area contributed by atoms with E-state index in [0.29, 0.717) is 28.4 Å². The van der Waals surface area contributed by atoms with E-state index in [4.69, 9.17) is 16.6 Å². The van der Waals surface area contributed by atoms with Crippen LogP contribution in [0.5, 0.6) is 11.5 Å². The molecule has 0 fully saturated rings. The Labute approximate surface area is 386 Å². The van der Waals surface area contributed by atoms with E-state index in [-0.39, 0.29) is 61.6 Å². The molecule has 6 heteroatoms. The van der Waals surface area contributed by atoms with Gasteiger partial charge in [0.25, 0.3) is 0 Å². The molecule has 1 aliphatic rings. The minimum Gasteiger partial charge on any atom is -0.509 e. The van der Waals surface area contributed by atoms with Gasteiger partial charge in [-0.25, -0.2) is 4.98 Å². The fourth-order valence-electron chi connectivity index (χ4n) is 8.19. The van der Waals surface area contributed by atoms with Crippen molar-refractivity contribution in [1.82, 2.24) is 9.55 Å². The number of nitrogens with zero attached hydrogens (tertiary/aromatic N) is 4. The van der Waals surface area contributed by atoms with Gasteiger partial charge in [-0.3, -0.25) is 0 Å². The van der Waals surface area contributed by atoms with Crippen molar-refractivity contribution in [2.75, 3.05) is 9.80 Å². The minimum atomic E-state index is -0.436. The maximum atomic E-state index is 9.09. The van der Waals surface area contributed by atoms with E-state index < -0.39 is 6.04 Å². The van der Waals surface area contributed by atoms with Gasteiger partial charge in [0.15, 0.2) is 0 Å². The number of hydrogen-bond acceptors (Lipinski definition) is 4. The summed E-state index contributed by atoms with van der Waals surface area (Å²) >= 11 is 0. The second-order valence-electron chi connectivity index (χ2n) is 17.5. The molecule has 5 nitrogen and oxygen atoms in total. The van der Waals surface area contributed by atoms with Crippen molar-refractivity contribution in [2.24, 2.45) is 0 Å². The van der Waals surface area contributed by atoms with Gasteiger partial charge in [-0.2, -0.15) is 12.1 Å². The van der Waals surface area contributed by atoms with Crippen LogP contribution in [0.25, 0.3) is 49.9 Å². The van der Waals surface area contributed by atoms with Crippen LogP contribution in [0.4, 0.5) is 22.7 Å². The molecule has 0 amide bonds.